The lowest BCUT2D eigenvalue weighted by atomic mass is 10.1. The van der Waals surface area contributed by atoms with Gasteiger partial charge in [0.25, 0.3) is 5.91 Å². The number of carbonyl (C=O) groups is 1. The van der Waals surface area contributed by atoms with Crippen molar-refractivity contribution < 1.29 is 22.4 Å². The number of hydrogen-bond donors (Lipinski definition) is 3. The van der Waals surface area contributed by atoms with Crippen LogP contribution in [0, 0.1) is 5.82 Å². The molecule has 190 valence electrons. The number of hydroxylamine groups is 1. The van der Waals surface area contributed by atoms with Crippen LogP contribution in [0.5, 0.6) is 0 Å². The molecule has 2 aromatic heterocycles. The Morgan fingerprint density at radius 1 is 1.14 bits per heavy atom. The molecule has 0 saturated heterocycles. The number of benzene rings is 1. The first-order chi connectivity index (χ1) is 17.2. The lowest BCUT2D eigenvalue weighted by molar-refractivity contribution is 0.0365. The second-order valence-corrected chi connectivity index (χ2v) is 10.4. The van der Waals surface area contributed by atoms with E-state index in [4.69, 9.17) is 4.84 Å². The van der Waals surface area contributed by atoms with Gasteiger partial charge in [0.05, 0.1) is 35.5 Å². The van der Waals surface area contributed by atoms with E-state index < -0.39 is 21.7 Å². The minimum absolute atomic E-state index is 0.0633. The Kier molecular flexibility index (Phi) is 7.36. The minimum Gasteiger partial charge on any atom is -0.353 e. The first-order valence-corrected chi connectivity index (χ1v) is 13.2. The third-order valence-electron chi connectivity index (χ3n) is 5.62. The van der Waals surface area contributed by atoms with Crippen molar-refractivity contribution in [3.05, 3.63) is 65.7 Å². The van der Waals surface area contributed by atoms with Crippen molar-refractivity contribution in [2.24, 2.45) is 0 Å². The van der Waals surface area contributed by atoms with Gasteiger partial charge in [-0.05, 0) is 55.5 Å². The fourth-order valence-electron chi connectivity index (χ4n) is 3.54. The summed E-state index contributed by atoms with van der Waals surface area (Å²) in [6.07, 6.45) is 5.71. The lowest BCUT2D eigenvalue weighted by Crippen LogP contribution is -2.26. The van der Waals surface area contributed by atoms with Crippen LogP contribution in [-0.2, 0) is 14.9 Å². The number of amides is 1. The number of hydrogen-bond acceptors (Lipinski definition) is 8. The maximum Gasteiger partial charge on any atom is 0.278 e. The average Bonchev–Trinajstić information content (AvgIpc) is 3.68. The summed E-state index contributed by atoms with van der Waals surface area (Å²) in [4.78, 5) is 26.3. The molecule has 0 atom stereocenters. The van der Waals surface area contributed by atoms with Crippen molar-refractivity contribution in [1.29, 1.82) is 0 Å². The van der Waals surface area contributed by atoms with Crippen molar-refractivity contribution in [2.75, 3.05) is 34.8 Å². The summed E-state index contributed by atoms with van der Waals surface area (Å²) in [5, 5.41) is 6.08. The van der Waals surface area contributed by atoms with E-state index in [2.05, 4.69) is 26.1 Å². The largest absolute Gasteiger partial charge is 0.353 e. The molecule has 12 heteroatoms. The van der Waals surface area contributed by atoms with Crippen LogP contribution in [0.25, 0.3) is 0 Å². The van der Waals surface area contributed by atoms with Gasteiger partial charge in [-0.15, -0.1) is 0 Å². The highest BCUT2D eigenvalue weighted by Crippen LogP contribution is 2.45. The molecule has 10 nitrogen and oxygen atoms in total. The van der Waals surface area contributed by atoms with Crippen molar-refractivity contribution in [1.82, 2.24) is 15.4 Å². The molecule has 1 aromatic carbocycles. The van der Waals surface area contributed by atoms with Gasteiger partial charge in [0.2, 0.25) is 10.0 Å². The molecule has 2 heterocycles. The van der Waals surface area contributed by atoms with Crippen LogP contribution in [0.15, 0.2) is 48.8 Å². The molecule has 0 unspecified atom stereocenters. The van der Waals surface area contributed by atoms with Gasteiger partial charge in [0.1, 0.15) is 17.5 Å². The smallest absolute Gasteiger partial charge is 0.278 e. The molecule has 0 spiro atoms. The molecule has 1 amide bonds. The second kappa shape index (κ2) is 10.5. The zero-order valence-corrected chi connectivity index (χ0v) is 20.9. The highest BCUT2D eigenvalue weighted by Gasteiger charge is 2.29. The van der Waals surface area contributed by atoms with E-state index in [0.717, 1.165) is 23.4 Å². The van der Waals surface area contributed by atoms with Crippen LogP contribution < -0.4 is 20.4 Å². The predicted molar refractivity (Wildman–Crippen MR) is 136 cm³/mol. The van der Waals surface area contributed by atoms with Gasteiger partial charge in [0, 0.05) is 25.5 Å². The fraction of sp³-hybridized carbons (Fsp3) is 0.292. The third kappa shape index (κ3) is 5.89. The Morgan fingerprint density at radius 3 is 2.56 bits per heavy atom. The first-order valence-electron chi connectivity index (χ1n) is 11.3. The standard InChI is InChI=1S/C24H27FN6O4S/c1-4-35-30-24(32)17-14-27-23(29-22-7-5-6-10-26-22)13-19(17)28-20-12-18(25)16(15-8-9-15)11-21(20)31(2)36(3,33)34/h5-7,10-15H,4,8-9H2,1-3H3,(H,30,32)(H2,26,27,28,29). The van der Waals surface area contributed by atoms with E-state index in [1.165, 1.54) is 19.3 Å². The van der Waals surface area contributed by atoms with Crippen LogP contribution in [-0.4, -0.2) is 44.2 Å². The maximum atomic E-state index is 15.0. The number of aromatic nitrogens is 2. The number of sulfonamides is 1. The summed E-state index contributed by atoms with van der Waals surface area (Å²) >= 11 is 0. The SMILES string of the molecule is CCONC(=O)c1cnc(Nc2ccccn2)cc1Nc1cc(F)c(C2CC2)cc1N(C)S(C)(=O)=O. The number of pyridine rings is 2. The fourth-order valence-corrected chi connectivity index (χ4v) is 4.05. The molecule has 1 aliphatic carbocycles. The van der Waals surface area contributed by atoms with Gasteiger partial charge in [-0.1, -0.05) is 6.07 Å². The Bertz CT molecular complexity index is 1370. The average molecular weight is 515 g/mol. The van der Waals surface area contributed by atoms with Crippen LogP contribution in [0.4, 0.5) is 33.1 Å². The summed E-state index contributed by atoms with van der Waals surface area (Å²) in [5.74, 6) is -0.0818. The van der Waals surface area contributed by atoms with Gasteiger partial charge in [0.15, 0.2) is 0 Å². The molecule has 4 rings (SSSR count). The number of nitrogens with one attached hydrogen (secondary N) is 3. The van der Waals surface area contributed by atoms with Crippen LogP contribution in [0.2, 0.25) is 0 Å². The molecule has 3 N–H and O–H groups in total. The van der Waals surface area contributed by atoms with Crippen molar-refractivity contribution in [2.45, 2.75) is 25.7 Å². The van der Waals surface area contributed by atoms with Crippen molar-refractivity contribution >= 4 is 44.6 Å². The minimum atomic E-state index is -3.65. The van der Waals surface area contributed by atoms with E-state index in [9.17, 15) is 13.2 Å². The molecular weight excluding hydrogens is 487 g/mol. The number of rotatable bonds is 10. The van der Waals surface area contributed by atoms with E-state index >= 15 is 4.39 Å². The lowest BCUT2D eigenvalue weighted by Gasteiger charge is -2.23. The highest BCUT2D eigenvalue weighted by atomic mass is 32.2. The van der Waals surface area contributed by atoms with Gasteiger partial charge < -0.3 is 10.6 Å². The molecule has 0 aliphatic heterocycles. The third-order valence-corrected chi connectivity index (χ3v) is 6.81. The molecule has 0 radical (unpaired) electrons. The molecule has 1 fully saturated rings. The van der Waals surface area contributed by atoms with E-state index in [0.29, 0.717) is 17.2 Å². The Labute approximate surface area is 208 Å². The molecular formula is C24H27FN6O4S. The van der Waals surface area contributed by atoms with Gasteiger partial charge in [-0.25, -0.2) is 28.3 Å². The number of halogens is 1. The van der Waals surface area contributed by atoms with E-state index in [1.807, 2.05) is 0 Å². The normalized spacial score (nSPS) is 13.2. The van der Waals surface area contributed by atoms with Crippen molar-refractivity contribution in [3.63, 3.8) is 0 Å². The summed E-state index contributed by atoms with van der Waals surface area (Å²) < 4.78 is 40.8. The van der Waals surface area contributed by atoms with Crippen LogP contribution in [0.1, 0.15) is 41.6 Å². The predicted octanol–water partition coefficient (Wildman–Crippen LogP) is 4.06. The number of anilines is 5. The van der Waals surface area contributed by atoms with Gasteiger partial charge >= 0.3 is 0 Å². The molecule has 1 aliphatic rings. The Hall–Kier alpha value is -3.77. The number of nitrogens with zero attached hydrogens (tertiary/aromatic N) is 3. The monoisotopic (exact) mass is 514 g/mol. The van der Waals surface area contributed by atoms with Crippen LogP contribution in [0.3, 0.4) is 0 Å². The van der Waals surface area contributed by atoms with Gasteiger partial charge in [-0.2, -0.15) is 0 Å². The zero-order chi connectivity index (χ0) is 25.9. The van der Waals surface area contributed by atoms with Crippen molar-refractivity contribution in [3.8, 4) is 0 Å². The topological polar surface area (TPSA) is 126 Å². The van der Waals surface area contributed by atoms with E-state index in [1.54, 1.807) is 43.5 Å². The summed E-state index contributed by atoms with van der Waals surface area (Å²) in [6, 6.07) is 9.66. The molecule has 3 aromatic rings. The highest BCUT2D eigenvalue weighted by molar-refractivity contribution is 7.92. The Balaban J connectivity index is 1.78. The summed E-state index contributed by atoms with van der Waals surface area (Å²) in [7, 11) is -2.26. The quantitative estimate of drug-likeness (QED) is 0.346. The molecule has 1 saturated carbocycles. The Morgan fingerprint density at radius 2 is 1.92 bits per heavy atom. The molecule has 0 bridgehead atoms. The summed E-state index contributed by atoms with van der Waals surface area (Å²) in [5.41, 5.74) is 3.57. The number of carbonyl (C=O) groups excluding carboxylic acids is 1. The summed E-state index contributed by atoms with van der Waals surface area (Å²) in [6.45, 7) is 1.97. The maximum absolute atomic E-state index is 15.0. The van der Waals surface area contributed by atoms with Gasteiger partial charge in [-0.3, -0.25) is 13.9 Å². The second-order valence-electron chi connectivity index (χ2n) is 8.34. The van der Waals surface area contributed by atoms with Crippen LogP contribution >= 0.6 is 0 Å². The molecule has 36 heavy (non-hydrogen) atoms. The zero-order valence-electron chi connectivity index (χ0n) is 20.1. The van der Waals surface area contributed by atoms with E-state index in [-0.39, 0.29) is 35.2 Å². The first kappa shape index (κ1) is 25.3.